The van der Waals surface area contributed by atoms with Gasteiger partial charge >= 0.3 is 0 Å². The molecule has 0 aliphatic heterocycles. The fraction of sp³-hybridized carbons (Fsp3) is 0.143. The summed E-state index contributed by atoms with van der Waals surface area (Å²) in [6, 6.07) is 1.02. The number of hydroxylamine groups is 2. The lowest BCUT2D eigenvalue weighted by Crippen LogP contribution is -2.23. The minimum absolute atomic E-state index is 0.0641. The van der Waals surface area contributed by atoms with Crippen LogP contribution in [0.1, 0.15) is 10.4 Å². The standard InChI is InChI=1S/C7H6ClN3O4/c1-10(13)7(12)4-2-6(8)9-3-5(4)11(14)15/h2-3,13H,1H3. The first kappa shape index (κ1) is 11.3. The average Bonchev–Trinajstić information content (AvgIpc) is 2.15. The van der Waals surface area contributed by atoms with Crippen LogP contribution in [0.15, 0.2) is 12.3 Å². The lowest BCUT2D eigenvalue weighted by Gasteiger charge is -2.08. The van der Waals surface area contributed by atoms with Gasteiger partial charge in [-0.2, -0.15) is 0 Å². The summed E-state index contributed by atoms with van der Waals surface area (Å²) in [5.41, 5.74) is -0.824. The van der Waals surface area contributed by atoms with E-state index in [1.165, 1.54) is 0 Å². The zero-order chi connectivity index (χ0) is 11.6. The maximum atomic E-state index is 11.3. The molecule has 1 aromatic heterocycles. The molecule has 0 radical (unpaired) electrons. The third kappa shape index (κ3) is 2.39. The van der Waals surface area contributed by atoms with E-state index >= 15 is 0 Å². The van der Waals surface area contributed by atoms with Crippen LogP contribution in [-0.2, 0) is 0 Å². The number of amides is 1. The highest BCUT2D eigenvalue weighted by molar-refractivity contribution is 6.29. The molecule has 1 heterocycles. The van der Waals surface area contributed by atoms with Crippen LogP contribution >= 0.6 is 11.6 Å². The highest BCUT2D eigenvalue weighted by atomic mass is 35.5. The van der Waals surface area contributed by atoms with Gasteiger partial charge in [-0.15, -0.1) is 0 Å². The number of pyridine rings is 1. The Kier molecular flexibility index (Phi) is 3.17. The Hall–Kier alpha value is -1.73. The van der Waals surface area contributed by atoms with E-state index in [1.807, 2.05) is 0 Å². The number of carbonyl (C=O) groups is 1. The van der Waals surface area contributed by atoms with Crippen LogP contribution in [0.3, 0.4) is 0 Å². The molecule has 0 bridgehead atoms. The van der Waals surface area contributed by atoms with Crippen LogP contribution in [0.5, 0.6) is 0 Å². The Morgan fingerprint density at radius 3 is 2.80 bits per heavy atom. The molecule has 0 aliphatic carbocycles. The Morgan fingerprint density at radius 2 is 2.33 bits per heavy atom. The van der Waals surface area contributed by atoms with Gasteiger partial charge in [-0.25, -0.2) is 10.0 Å². The van der Waals surface area contributed by atoms with Crippen molar-refractivity contribution in [1.82, 2.24) is 10.0 Å². The molecule has 0 aromatic carbocycles. The Balaban J connectivity index is 3.30. The first-order valence-electron chi connectivity index (χ1n) is 3.70. The summed E-state index contributed by atoms with van der Waals surface area (Å²) in [5.74, 6) is -0.925. The molecule has 80 valence electrons. The van der Waals surface area contributed by atoms with E-state index in [2.05, 4.69) is 4.98 Å². The van der Waals surface area contributed by atoms with Gasteiger partial charge in [0.05, 0.1) is 4.92 Å². The van der Waals surface area contributed by atoms with Crippen molar-refractivity contribution in [1.29, 1.82) is 0 Å². The van der Waals surface area contributed by atoms with Crippen LogP contribution in [0, 0.1) is 10.1 Å². The second-order valence-corrected chi connectivity index (χ2v) is 3.00. The van der Waals surface area contributed by atoms with Crippen molar-refractivity contribution in [3.05, 3.63) is 33.1 Å². The Labute approximate surface area is 89.0 Å². The first-order chi connectivity index (χ1) is 6.93. The highest BCUT2D eigenvalue weighted by Crippen LogP contribution is 2.21. The molecule has 7 nitrogen and oxygen atoms in total. The van der Waals surface area contributed by atoms with Crippen molar-refractivity contribution >= 4 is 23.2 Å². The summed E-state index contributed by atoms with van der Waals surface area (Å²) in [4.78, 5) is 24.5. The topological polar surface area (TPSA) is 96.6 Å². The monoisotopic (exact) mass is 231 g/mol. The molecule has 0 atom stereocenters. The van der Waals surface area contributed by atoms with Gasteiger partial charge in [-0.05, 0) is 6.07 Å². The van der Waals surface area contributed by atoms with Gasteiger partial charge in [0, 0.05) is 7.05 Å². The SMILES string of the molecule is CN(O)C(=O)c1cc(Cl)ncc1[N+](=O)[O-]. The third-order valence-corrected chi connectivity index (χ3v) is 1.78. The van der Waals surface area contributed by atoms with Crippen LogP contribution in [0.2, 0.25) is 5.15 Å². The van der Waals surface area contributed by atoms with Gasteiger partial charge in [0.2, 0.25) is 0 Å². The molecule has 0 saturated heterocycles. The third-order valence-electron chi connectivity index (χ3n) is 1.57. The Morgan fingerprint density at radius 1 is 1.73 bits per heavy atom. The summed E-state index contributed by atoms with van der Waals surface area (Å²) in [7, 11) is 1.06. The average molecular weight is 232 g/mol. The van der Waals surface area contributed by atoms with Crippen LogP contribution in [0.25, 0.3) is 0 Å². The van der Waals surface area contributed by atoms with Gasteiger partial charge in [0.1, 0.15) is 16.9 Å². The minimum Gasteiger partial charge on any atom is -0.286 e. The maximum absolute atomic E-state index is 11.3. The van der Waals surface area contributed by atoms with Crippen molar-refractivity contribution in [2.24, 2.45) is 0 Å². The van der Waals surface area contributed by atoms with Gasteiger partial charge in [0.15, 0.2) is 0 Å². The molecular weight excluding hydrogens is 226 g/mol. The molecule has 1 rings (SSSR count). The predicted octanol–water partition coefficient (Wildman–Crippen LogP) is 1.10. The second-order valence-electron chi connectivity index (χ2n) is 2.61. The lowest BCUT2D eigenvalue weighted by molar-refractivity contribution is -0.385. The fourth-order valence-electron chi connectivity index (χ4n) is 0.914. The van der Waals surface area contributed by atoms with E-state index in [0.717, 1.165) is 19.3 Å². The lowest BCUT2D eigenvalue weighted by atomic mass is 10.2. The number of rotatable bonds is 2. The van der Waals surface area contributed by atoms with Crippen LogP contribution in [0.4, 0.5) is 5.69 Å². The molecule has 1 N–H and O–H groups in total. The maximum Gasteiger partial charge on any atom is 0.300 e. The smallest absolute Gasteiger partial charge is 0.286 e. The van der Waals surface area contributed by atoms with Crippen molar-refractivity contribution in [2.75, 3.05) is 7.05 Å². The summed E-state index contributed by atoms with van der Waals surface area (Å²) >= 11 is 5.48. The van der Waals surface area contributed by atoms with Crippen molar-refractivity contribution in [2.45, 2.75) is 0 Å². The summed E-state index contributed by atoms with van der Waals surface area (Å²) in [6.07, 6.45) is 0.860. The largest absolute Gasteiger partial charge is 0.300 e. The number of nitro groups is 1. The van der Waals surface area contributed by atoms with Gasteiger partial charge in [0.25, 0.3) is 11.6 Å². The molecule has 0 spiro atoms. The normalized spacial score (nSPS) is 9.80. The number of carbonyl (C=O) groups excluding carboxylic acids is 1. The van der Waals surface area contributed by atoms with E-state index in [-0.39, 0.29) is 15.8 Å². The molecular formula is C7H6ClN3O4. The number of aromatic nitrogens is 1. The van der Waals surface area contributed by atoms with E-state index in [1.54, 1.807) is 0 Å². The molecule has 15 heavy (non-hydrogen) atoms. The van der Waals surface area contributed by atoms with Crippen molar-refractivity contribution in [3.8, 4) is 0 Å². The van der Waals surface area contributed by atoms with Gasteiger partial charge in [-0.3, -0.25) is 20.1 Å². The Bertz CT molecular complexity index is 421. The number of nitrogens with zero attached hydrogens (tertiary/aromatic N) is 3. The van der Waals surface area contributed by atoms with Crippen LogP contribution < -0.4 is 0 Å². The van der Waals surface area contributed by atoms with E-state index in [9.17, 15) is 14.9 Å². The van der Waals surface area contributed by atoms with Gasteiger partial charge in [-0.1, -0.05) is 11.6 Å². The van der Waals surface area contributed by atoms with Crippen LogP contribution in [-0.4, -0.2) is 33.1 Å². The molecule has 0 unspecified atom stereocenters. The minimum atomic E-state index is -0.925. The highest BCUT2D eigenvalue weighted by Gasteiger charge is 2.23. The quantitative estimate of drug-likeness (QED) is 0.356. The summed E-state index contributed by atoms with van der Waals surface area (Å²) in [6.45, 7) is 0. The molecule has 1 amide bonds. The molecule has 0 aliphatic rings. The zero-order valence-electron chi connectivity index (χ0n) is 7.55. The van der Waals surface area contributed by atoms with E-state index < -0.39 is 16.5 Å². The zero-order valence-corrected chi connectivity index (χ0v) is 8.30. The molecule has 0 fully saturated rings. The number of halogens is 1. The summed E-state index contributed by atoms with van der Waals surface area (Å²) in [5, 5.41) is 19.6. The molecule has 1 aromatic rings. The van der Waals surface area contributed by atoms with Gasteiger partial charge < -0.3 is 0 Å². The first-order valence-corrected chi connectivity index (χ1v) is 4.08. The van der Waals surface area contributed by atoms with E-state index in [4.69, 9.17) is 16.8 Å². The summed E-state index contributed by atoms with van der Waals surface area (Å²) < 4.78 is 0. The fourth-order valence-corrected chi connectivity index (χ4v) is 1.07. The van der Waals surface area contributed by atoms with Crippen molar-refractivity contribution in [3.63, 3.8) is 0 Å². The van der Waals surface area contributed by atoms with E-state index in [0.29, 0.717) is 0 Å². The molecule has 0 saturated carbocycles. The number of hydrogen-bond acceptors (Lipinski definition) is 5. The number of hydrogen-bond donors (Lipinski definition) is 1. The van der Waals surface area contributed by atoms with Crippen molar-refractivity contribution < 1.29 is 14.9 Å². The molecule has 8 heteroatoms. The second kappa shape index (κ2) is 4.20. The predicted molar refractivity (Wildman–Crippen MR) is 49.8 cm³/mol.